The number of nitrogens with zero attached hydrogens (tertiary/aromatic N) is 1. The van der Waals surface area contributed by atoms with Crippen LogP contribution in [0.5, 0.6) is 0 Å². The van der Waals surface area contributed by atoms with Crippen LogP contribution < -0.4 is 0 Å². The highest BCUT2D eigenvalue weighted by Gasteiger charge is 2.05. The number of pyridine rings is 1. The molecule has 60 valence electrons. The summed E-state index contributed by atoms with van der Waals surface area (Å²) in [5.74, 6) is 0. The lowest BCUT2D eigenvalue weighted by molar-refractivity contribution is 1.18. The highest BCUT2D eigenvalue weighted by molar-refractivity contribution is 9.24. The Morgan fingerprint density at radius 3 is 2.36 bits per heavy atom. The first-order valence-electron chi connectivity index (χ1n) is 2.70. The van der Waals surface area contributed by atoms with Gasteiger partial charge in [0.25, 0.3) is 0 Å². The maximum Gasteiger partial charge on any atom is 0.130 e. The molecule has 0 bridgehead atoms. The molecule has 0 atom stereocenters. The minimum absolute atomic E-state index is 0.00815. The van der Waals surface area contributed by atoms with Crippen LogP contribution in [0.3, 0.4) is 0 Å². The van der Waals surface area contributed by atoms with E-state index in [2.05, 4.69) is 36.8 Å². The van der Waals surface area contributed by atoms with Gasteiger partial charge >= 0.3 is 0 Å². The van der Waals surface area contributed by atoms with Crippen molar-refractivity contribution in [3.8, 4) is 0 Å². The zero-order chi connectivity index (χ0) is 8.43. The second kappa shape index (κ2) is 4.08. The van der Waals surface area contributed by atoms with Crippen molar-refractivity contribution < 1.29 is 0 Å². The van der Waals surface area contributed by atoms with Crippen LogP contribution in [-0.4, -0.2) is 4.98 Å². The fourth-order valence-electron chi connectivity index (χ4n) is 0.596. The minimum Gasteiger partial charge on any atom is -0.239 e. The molecule has 0 unspecified atom stereocenters. The van der Waals surface area contributed by atoms with Gasteiger partial charge in [-0.15, -0.1) is 0 Å². The molecule has 1 aromatic rings. The van der Waals surface area contributed by atoms with Gasteiger partial charge in [-0.3, -0.25) is 0 Å². The van der Waals surface area contributed by atoms with Crippen LogP contribution >= 0.6 is 55.1 Å². The molecule has 5 heteroatoms. The lowest BCUT2D eigenvalue weighted by Crippen LogP contribution is -1.86. The predicted octanol–water partition coefficient (Wildman–Crippen LogP) is 4.18. The summed E-state index contributed by atoms with van der Waals surface area (Å²) in [4.78, 5) is 4.02. The van der Waals surface area contributed by atoms with E-state index in [0.29, 0.717) is 10.2 Å². The molecule has 0 spiro atoms. The topological polar surface area (TPSA) is 12.9 Å². The number of halogens is 4. The van der Waals surface area contributed by atoms with E-state index in [1.54, 1.807) is 12.1 Å². The fraction of sp³-hybridized carbons (Fsp3) is 0.167. The van der Waals surface area contributed by atoms with Crippen LogP contribution in [-0.2, 0) is 0 Å². The second-order valence-electron chi connectivity index (χ2n) is 1.83. The zero-order valence-electron chi connectivity index (χ0n) is 5.19. The maximum atomic E-state index is 5.73. The average molecular weight is 320 g/mol. The Morgan fingerprint density at radius 1 is 1.27 bits per heavy atom. The minimum atomic E-state index is -0.00815. The van der Waals surface area contributed by atoms with Gasteiger partial charge in [0.15, 0.2) is 0 Å². The van der Waals surface area contributed by atoms with Crippen LogP contribution in [0.25, 0.3) is 0 Å². The molecule has 0 N–H and O–H groups in total. The SMILES string of the molecule is Clc1cc(Cl)nc(C(Br)Br)c1. The van der Waals surface area contributed by atoms with Gasteiger partial charge in [-0.25, -0.2) is 4.98 Å². The molecule has 0 aliphatic rings. The number of hydrogen-bond donors (Lipinski definition) is 0. The smallest absolute Gasteiger partial charge is 0.130 e. The molecule has 0 saturated heterocycles. The van der Waals surface area contributed by atoms with Crippen molar-refractivity contribution in [2.75, 3.05) is 0 Å². The number of alkyl halides is 2. The first-order chi connectivity index (χ1) is 5.09. The van der Waals surface area contributed by atoms with E-state index in [1.807, 2.05) is 0 Å². The van der Waals surface area contributed by atoms with Crippen LogP contribution in [0.2, 0.25) is 10.2 Å². The van der Waals surface area contributed by atoms with E-state index < -0.39 is 0 Å². The zero-order valence-corrected chi connectivity index (χ0v) is 9.87. The molecule has 0 aliphatic carbocycles. The van der Waals surface area contributed by atoms with Gasteiger partial charge < -0.3 is 0 Å². The third-order valence-corrected chi connectivity index (χ3v) is 2.35. The Labute approximate surface area is 91.4 Å². The van der Waals surface area contributed by atoms with Gasteiger partial charge in [-0.1, -0.05) is 55.1 Å². The first-order valence-corrected chi connectivity index (χ1v) is 5.29. The van der Waals surface area contributed by atoms with Gasteiger partial charge in [0.05, 0.1) is 5.69 Å². The quantitative estimate of drug-likeness (QED) is 0.559. The van der Waals surface area contributed by atoms with Gasteiger partial charge in [0.2, 0.25) is 0 Å². The van der Waals surface area contributed by atoms with Crippen molar-refractivity contribution >= 4 is 55.1 Å². The van der Waals surface area contributed by atoms with E-state index in [4.69, 9.17) is 23.2 Å². The molecule has 1 rings (SSSR count). The molecule has 1 nitrogen and oxygen atoms in total. The van der Waals surface area contributed by atoms with Crippen molar-refractivity contribution in [1.82, 2.24) is 4.98 Å². The highest BCUT2D eigenvalue weighted by atomic mass is 79.9. The van der Waals surface area contributed by atoms with E-state index in [9.17, 15) is 0 Å². The van der Waals surface area contributed by atoms with Gasteiger partial charge in [-0.2, -0.15) is 0 Å². The average Bonchev–Trinajstić information content (AvgIpc) is 1.85. The van der Waals surface area contributed by atoms with Crippen molar-refractivity contribution in [3.05, 3.63) is 28.0 Å². The Hall–Kier alpha value is 0.690. The molecule has 0 aliphatic heterocycles. The third-order valence-electron chi connectivity index (χ3n) is 1.00. The summed E-state index contributed by atoms with van der Waals surface area (Å²) in [5, 5.41) is 0.986. The molecule has 1 aromatic heterocycles. The Morgan fingerprint density at radius 2 is 1.91 bits per heavy atom. The molecule has 0 amide bonds. The van der Waals surface area contributed by atoms with E-state index in [0.717, 1.165) is 5.69 Å². The summed E-state index contributed by atoms with van der Waals surface area (Å²) in [7, 11) is 0. The van der Waals surface area contributed by atoms with Crippen molar-refractivity contribution in [2.24, 2.45) is 0 Å². The van der Waals surface area contributed by atoms with Crippen molar-refractivity contribution in [2.45, 2.75) is 3.74 Å². The largest absolute Gasteiger partial charge is 0.239 e. The summed E-state index contributed by atoms with van der Waals surface area (Å²) in [6, 6.07) is 3.33. The van der Waals surface area contributed by atoms with Gasteiger partial charge in [-0.05, 0) is 12.1 Å². The molecule has 0 radical (unpaired) electrons. The third kappa shape index (κ3) is 2.90. The van der Waals surface area contributed by atoms with Gasteiger partial charge in [0.1, 0.15) is 8.89 Å². The lowest BCUT2D eigenvalue weighted by atomic mass is 10.4. The Bertz CT molecular complexity index is 245. The van der Waals surface area contributed by atoms with Gasteiger partial charge in [0, 0.05) is 5.02 Å². The molecular weight excluding hydrogens is 317 g/mol. The number of hydrogen-bond acceptors (Lipinski definition) is 1. The molecule has 1 heterocycles. The Kier molecular flexibility index (Phi) is 3.62. The normalized spacial score (nSPS) is 10.6. The summed E-state index contributed by atoms with van der Waals surface area (Å²) in [5.41, 5.74) is 0.766. The highest BCUT2D eigenvalue weighted by Crippen LogP contribution is 2.30. The Balaban J connectivity index is 3.08. The maximum absolute atomic E-state index is 5.73. The van der Waals surface area contributed by atoms with Crippen LogP contribution in [0.1, 0.15) is 9.43 Å². The summed E-state index contributed by atoms with van der Waals surface area (Å²) < 4.78 is -0.00815. The molecule has 11 heavy (non-hydrogen) atoms. The van der Waals surface area contributed by atoms with E-state index >= 15 is 0 Å². The monoisotopic (exact) mass is 317 g/mol. The van der Waals surface area contributed by atoms with E-state index in [-0.39, 0.29) is 3.74 Å². The van der Waals surface area contributed by atoms with Crippen LogP contribution in [0.15, 0.2) is 12.1 Å². The number of aromatic nitrogens is 1. The lowest BCUT2D eigenvalue weighted by Gasteiger charge is -2.01. The summed E-state index contributed by atoms with van der Waals surface area (Å²) >= 11 is 18.0. The molecular formula is C6H3Br2Cl2N. The first kappa shape index (κ1) is 9.78. The molecule has 0 fully saturated rings. The fourth-order valence-corrected chi connectivity index (χ4v) is 1.55. The predicted molar refractivity (Wildman–Crippen MR) is 54.9 cm³/mol. The van der Waals surface area contributed by atoms with Crippen LogP contribution in [0, 0.1) is 0 Å². The standard InChI is InChI=1S/C6H3Br2Cl2N/c7-6(8)4-1-3(9)2-5(10)11-4/h1-2,6H. The molecule has 0 aromatic carbocycles. The van der Waals surface area contributed by atoms with Crippen LogP contribution in [0.4, 0.5) is 0 Å². The number of rotatable bonds is 1. The van der Waals surface area contributed by atoms with Crippen molar-refractivity contribution in [1.29, 1.82) is 0 Å². The van der Waals surface area contributed by atoms with E-state index in [1.165, 1.54) is 0 Å². The second-order valence-corrected chi connectivity index (χ2v) is 5.72. The summed E-state index contributed by atoms with van der Waals surface area (Å²) in [6.07, 6.45) is 0. The summed E-state index contributed by atoms with van der Waals surface area (Å²) in [6.45, 7) is 0. The molecule has 0 saturated carbocycles. The van der Waals surface area contributed by atoms with Crippen molar-refractivity contribution in [3.63, 3.8) is 0 Å².